The van der Waals surface area contributed by atoms with Crippen molar-refractivity contribution in [3.63, 3.8) is 0 Å². The van der Waals surface area contributed by atoms with E-state index in [2.05, 4.69) is 5.32 Å². The fourth-order valence-corrected chi connectivity index (χ4v) is 2.91. The quantitative estimate of drug-likeness (QED) is 0.825. The summed E-state index contributed by atoms with van der Waals surface area (Å²) in [5, 5.41) is 4.30. The maximum Gasteiger partial charge on any atom is 0.126 e. The van der Waals surface area contributed by atoms with E-state index >= 15 is 0 Å². The van der Waals surface area contributed by atoms with E-state index in [0.29, 0.717) is 12.5 Å². The Morgan fingerprint density at radius 3 is 2.52 bits per heavy atom. The van der Waals surface area contributed by atoms with E-state index in [4.69, 9.17) is 11.6 Å². The van der Waals surface area contributed by atoms with Crippen LogP contribution in [0, 0.1) is 5.82 Å². The standard InChI is InChI=1S/C18H19ClFN/c19-17-7-3-2-6-16(17)14(12-21-15-9-10-15)11-13-5-1-4-8-18(13)20/h1-8,14-15,21H,9-12H2. The van der Waals surface area contributed by atoms with Gasteiger partial charge in [0.2, 0.25) is 0 Å². The zero-order chi connectivity index (χ0) is 14.7. The molecule has 1 aliphatic carbocycles. The molecule has 1 aliphatic rings. The summed E-state index contributed by atoms with van der Waals surface area (Å²) < 4.78 is 13.9. The molecule has 0 aliphatic heterocycles. The van der Waals surface area contributed by atoms with Gasteiger partial charge in [0.05, 0.1) is 0 Å². The van der Waals surface area contributed by atoms with Crippen molar-refractivity contribution in [3.05, 3.63) is 70.5 Å². The van der Waals surface area contributed by atoms with Gasteiger partial charge in [0.1, 0.15) is 5.82 Å². The fourth-order valence-electron chi connectivity index (χ4n) is 2.62. The molecule has 1 unspecified atom stereocenters. The molecule has 2 aromatic carbocycles. The van der Waals surface area contributed by atoms with Crippen molar-refractivity contribution in [3.8, 4) is 0 Å². The van der Waals surface area contributed by atoms with Crippen molar-refractivity contribution < 1.29 is 4.39 Å². The Morgan fingerprint density at radius 1 is 1.10 bits per heavy atom. The number of halogens is 2. The third kappa shape index (κ3) is 3.84. The molecule has 0 amide bonds. The van der Waals surface area contributed by atoms with Crippen LogP contribution in [-0.2, 0) is 6.42 Å². The van der Waals surface area contributed by atoms with Crippen LogP contribution in [-0.4, -0.2) is 12.6 Å². The van der Waals surface area contributed by atoms with Crippen molar-refractivity contribution in [1.82, 2.24) is 5.32 Å². The molecule has 2 aromatic rings. The smallest absolute Gasteiger partial charge is 0.126 e. The second-order valence-corrected chi connectivity index (χ2v) is 6.10. The molecule has 0 aromatic heterocycles. The number of benzene rings is 2. The summed E-state index contributed by atoms with van der Waals surface area (Å²) >= 11 is 6.33. The van der Waals surface area contributed by atoms with Gasteiger partial charge in [0.15, 0.2) is 0 Å². The molecule has 1 N–H and O–H groups in total. The molecule has 0 saturated heterocycles. The van der Waals surface area contributed by atoms with Gasteiger partial charge in [-0.1, -0.05) is 48.0 Å². The van der Waals surface area contributed by atoms with Gasteiger partial charge in [0.25, 0.3) is 0 Å². The Labute approximate surface area is 130 Å². The fraction of sp³-hybridized carbons (Fsp3) is 0.333. The summed E-state index contributed by atoms with van der Waals surface area (Å²) in [6.45, 7) is 0.836. The highest BCUT2D eigenvalue weighted by molar-refractivity contribution is 6.31. The number of hydrogen-bond donors (Lipinski definition) is 1. The number of nitrogens with one attached hydrogen (secondary N) is 1. The normalized spacial score (nSPS) is 15.9. The molecule has 3 heteroatoms. The Bertz CT molecular complexity index is 610. The van der Waals surface area contributed by atoms with Gasteiger partial charge in [-0.05, 0) is 42.5 Å². The average Bonchev–Trinajstić information content (AvgIpc) is 3.30. The predicted octanol–water partition coefficient (Wildman–Crippen LogP) is 4.56. The summed E-state index contributed by atoms with van der Waals surface area (Å²) in [5.41, 5.74) is 1.84. The van der Waals surface area contributed by atoms with Gasteiger partial charge in [-0.15, -0.1) is 0 Å². The van der Waals surface area contributed by atoms with Crippen molar-refractivity contribution in [2.45, 2.75) is 31.2 Å². The topological polar surface area (TPSA) is 12.0 Å². The van der Waals surface area contributed by atoms with E-state index < -0.39 is 0 Å². The molecule has 0 bridgehead atoms. The molecule has 21 heavy (non-hydrogen) atoms. The van der Waals surface area contributed by atoms with Gasteiger partial charge in [-0.25, -0.2) is 4.39 Å². The van der Waals surface area contributed by atoms with Crippen LogP contribution in [0.4, 0.5) is 4.39 Å². The molecule has 1 atom stereocenters. The summed E-state index contributed by atoms with van der Waals surface area (Å²) in [7, 11) is 0. The maximum absolute atomic E-state index is 13.9. The van der Waals surface area contributed by atoms with Crippen LogP contribution in [0.15, 0.2) is 48.5 Å². The summed E-state index contributed by atoms with van der Waals surface area (Å²) in [5.74, 6) is 0.0529. The van der Waals surface area contributed by atoms with Crippen LogP contribution in [0.2, 0.25) is 5.02 Å². The Kier molecular flexibility index (Phi) is 4.57. The molecular formula is C18H19ClFN. The lowest BCUT2D eigenvalue weighted by Crippen LogP contribution is -2.25. The lowest BCUT2D eigenvalue weighted by atomic mass is 9.91. The zero-order valence-corrected chi connectivity index (χ0v) is 12.6. The summed E-state index contributed by atoms with van der Waals surface area (Å²) in [6.07, 6.45) is 3.15. The summed E-state index contributed by atoms with van der Waals surface area (Å²) in [4.78, 5) is 0. The summed E-state index contributed by atoms with van der Waals surface area (Å²) in [6, 6.07) is 15.5. The highest BCUT2D eigenvalue weighted by Crippen LogP contribution is 2.29. The van der Waals surface area contributed by atoms with Crippen LogP contribution in [0.25, 0.3) is 0 Å². The van der Waals surface area contributed by atoms with Crippen LogP contribution in [0.3, 0.4) is 0 Å². The minimum absolute atomic E-state index is 0.138. The number of rotatable bonds is 6. The van der Waals surface area contributed by atoms with E-state index in [1.165, 1.54) is 18.9 Å². The minimum Gasteiger partial charge on any atom is -0.313 e. The van der Waals surface area contributed by atoms with Gasteiger partial charge in [-0.2, -0.15) is 0 Å². The molecule has 1 saturated carbocycles. The molecule has 1 nitrogen and oxygen atoms in total. The molecule has 1 fully saturated rings. The average molecular weight is 304 g/mol. The molecule has 0 spiro atoms. The minimum atomic E-state index is -0.138. The maximum atomic E-state index is 13.9. The van der Waals surface area contributed by atoms with Gasteiger partial charge >= 0.3 is 0 Å². The van der Waals surface area contributed by atoms with Crippen LogP contribution >= 0.6 is 11.6 Å². The first-order chi connectivity index (χ1) is 10.2. The Balaban J connectivity index is 1.81. The Hall–Kier alpha value is -1.38. The van der Waals surface area contributed by atoms with Gasteiger partial charge in [0, 0.05) is 23.5 Å². The van der Waals surface area contributed by atoms with E-state index in [-0.39, 0.29) is 11.7 Å². The first-order valence-electron chi connectivity index (χ1n) is 7.45. The van der Waals surface area contributed by atoms with Crippen LogP contribution in [0.1, 0.15) is 29.9 Å². The van der Waals surface area contributed by atoms with E-state index in [1.54, 1.807) is 6.07 Å². The second-order valence-electron chi connectivity index (χ2n) is 5.70. The third-order valence-electron chi connectivity index (χ3n) is 4.00. The molecule has 110 valence electrons. The molecule has 0 radical (unpaired) electrons. The number of hydrogen-bond acceptors (Lipinski definition) is 1. The van der Waals surface area contributed by atoms with Crippen molar-refractivity contribution in [2.24, 2.45) is 0 Å². The largest absolute Gasteiger partial charge is 0.313 e. The van der Waals surface area contributed by atoms with Crippen molar-refractivity contribution in [1.29, 1.82) is 0 Å². The lowest BCUT2D eigenvalue weighted by Gasteiger charge is -2.20. The first kappa shape index (κ1) is 14.6. The monoisotopic (exact) mass is 303 g/mol. The van der Waals surface area contributed by atoms with Crippen LogP contribution in [0.5, 0.6) is 0 Å². The first-order valence-corrected chi connectivity index (χ1v) is 7.83. The molecular weight excluding hydrogens is 285 g/mol. The highest BCUT2D eigenvalue weighted by Gasteiger charge is 2.23. The zero-order valence-electron chi connectivity index (χ0n) is 11.9. The van der Waals surface area contributed by atoms with E-state index in [9.17, 15) is 4.39 Å². The lowest BCUT2D eigenvalue weighted by molar-refractivity contribution is 0.552. The predicted molar refractivity (Wildman–Crippen MR) is 85.3 cm³/mol. The molecule has 3 rings (SSSR count). The van der Waals surface area contributed by atoms with Crippen molar-refractivity contribution >= 4 is 11.6 Å². The van der Waals surface area contributed by atoms with Gasteiger partial charge < -0.3 is 5.32 Å². The third-order valence-corrected chi connectivity index (χ3v) is 4.34. The van der Waals surface area contributed by atoms with Crippen LogP contribution < -0.4 is 5.32 Å². The highest BCUT2D eigenvalue weighted by atomic mass is 35.5. The second kappa shape index (κ2) is 6.59. The van der Waals surface area contributed by atoms with E-state index in [0.717, 1.165) is 22.7 Å². The van der Waals surface area contributed by atoms with Crippen molar-refractivity contribution in [2.75, 3.05) is 6.54 Å². The van der Waals surface area contributed by atoms with Gasteiger partial charge in [-0.3, -0.25) is 0 Å². The Morgan fingerprint density at radius 2 is 1.81 bits per heavy atom. The van der Waals surface area contributed by atoms with E-state index in [1.807, 2.05) is 36.4 Å². The molecule has 0 heterocycles. The SMILES string of the molecule is Fc1ccccc1CC(CNC1CC1)c1ccccc1Cl.